The minimum absolute atomic E-state index is 0.0839. The standard InChI is InChI=1S/C19H21N3O4/c23-18(8-12-1-4-16-17(7-12)26-11-25-16)21-5-6-22-14(10-21)9-15(20-22)19(24)13-2-3-13/h1,4,7,9,13,19,24H,2-3,5-6,8,10-11H2/t19-/m1/s1. The fraction of sp³-hybridized carbons (Fsp3) is 0.474. The average molecular weight is 355 g/mol. The first-order valence-corrected chi connectivity index (χ1v) is 9.08. The maximum atomic E-state index is 12.7. The number of aromatic nitrogens is 2. The molecule has 136 valence electrons. The van der Waals surface area contributed by atoms with Gasteiger partial charge in [-0.15, -0.1) is 0 Å². The molecule has 0 spiro atoms. The Balaban J connectivity index is 1.27. The second-order valence-electron chi connectivity index (χ2n) is 7.25. The van der Waals surface area contributed by atoms with Crippen LogP contribution >= 0.6 is 0 Å². The van der Waals surface area contributed by atoms with Crippen molar-refractivity contribution >= 4 is 5.91 Å². The van der Waals surface area contributed by atoms with Crippen molar-refractivity contribution < 1.29 is 19.4 Å². The van der Waals surface area contributed by atoms with E-state index in [4.69, 9.17) is 9.47 Å². The van der Waals surface area contributed by atoms with E-state index in [0.717, 1.165) is 35.5 Å². The van der Waals surface area contributed by atoms with E-state index in [1.807, 2.05) is 33.8 Å². The number of ether oxygens (including phenoxy) is 2. The smallest absolute Gasteiger partial charge is 0.231 e. The lowest BCUT2D eigenvalue weighted by atomic mass is 10.1. The molecular weight excluding hydrogens is 334 g/mol. The zero-order chi connectivity index (χ0) is 17.7. The SMILES string of the molecule is O=C(Cc1ccc2c(c1)OCO2)N1CCn2nc([C@H](O)C3CC3)cc2C1. The number of fused-ring (bicyclic) bond motifs is 2. The van der Waals surface area contributed by atoms with Crippen LogP contribution in [0.4, 0.5) is 0 Å². The molecule has 0 radical (unpaired) electrons. The highest BCUT2D eigenvalue weighted by Gasteiger charge is 2.33. The van der Waals surface area contributed by atoms with Crippen molar-refractivity contribution in [1.82, 2.24) is 14.7 Å². The molecule has 5 rings (SSSR count). The van der Waals surface area contributed by atoms with Gasteiger partial charge in [0.1, 0.15) is 6.10 Å². The van der Waals surface area contributed by atoms with E-state index in [1.54, 1.807) is 0 Å². The highest BCUT2D eigenvalue weighted by atomic mass is 16.7. The van der Waals surface area contributed by atoms with Gasteiger partial charge in [-0.2, -0.15) is 5.10 Å². The summed E-state index contributed by atoms with van der Waals surface area (Å²) in [6.07, 6.45) is 2.01. The van der Waals surface area contributed by atoms with Crippen molar-refractivity contribution in [2.45, 2.75) is 38.5 Å². The predicted octanol–water partition coefficient (Wildman–Crippen LogP) is 1.64. The Morgan fingerprint density at radius 2 is 2.08 bits per heavy atom. The molecule has 1 atom stereocenters. The highest BCUT2D eigenvalue weighted by Crippen LogP contribution is 2.40. The summed E-state index contributed by atoms with van der Waals surface area (Å²) in [5.41, 5.74) is 2.65. The van der Waals surface area contributed by atoms with Crippen LogP contribution in [0.15, 0.2) is 24.3 Å². The van der Waals surface area contributed by atoms with E-state index >= 15 is 0 Å². The molecular formula is C19H21N3O4. The van der Waals surface area contributed by atoms with Crippen LogP contribution < -0.4 is 9.47 Å². The topological polar surface area (TPSA) is 76.8 Å². The van der Waals surface area contributed by atoms with Gasteiger partial charge in [-0.3, -0.25) is 9.48 Å². The normalized spacial score (nSPS) is 19.3. The van der Waals surface area contributed by atoms with Gasteiger partial charge in [0.25, 0.3) is 0 Å². The zero-order valence-corrected chi connectivity index (χ0v) is 14.4. The lowest BCUT2D eigenvalue weighted by molar-refractivity contribution is -0.132. The van der Waals surface area contributed by atoms with Gasteiger partial charge in [-0.25, -0.2) is 0 Å². The molecule has 3 heterocycles. The number of nitrogens with zero attached hydrogens (tertiary/aromatic N) is 3. The van der Waals surface area contributed by atoms with Gasteiger partial charge in [0.05, 0.1) is 30.9 Å². The third kappa shape index (κ3) is 2.82. The monoisotopic (exact) mass is 355 g/mol. The fourth-order valence-corrected chi connectivity index (χ4v) is 3.64. The Morgan fingerprint density at radius 3 is 2.92 bits per heavy atom. The van der Waals surface area contributed by atoms with Crippen LogP contribution in [0.2, 0.25) is 0 Å². The van der Waals surface area contributed by atoms with Crippen molar-refractivity contribution in [2.75, 3.05) is 13.3 Å². The summed E-state index contributed by atoms with van der Waals surface area (Å²) in [5.74, 6) is 1.87. The molecule has 7 heteroatoms. The van der Waals surface area contributed by atoms with Crippen LogP contribution in [0, 0.1) is 5.92 Å². The number of hydrogen-bond donors (Lipinski definition) is 1. The lowest BCUT2D eigenvalue weighted by Crippen LogP contribution is -2.39. The minimum Gasteiger partial charge on any atom is -0.454 e. The Labute approximate surface area is 151 Å². The lowest BCUT2D eigenvalue weighted by Gasteiger charge is -2.27. The van der Waals surface area contributed by atoms with Crippen molar-refractivity contribution in [3.05, 3.63) is 41.2 Å². The largest absolute Gasteiger partial charge is 0.454 e. The van der Waals surface area contributed by atoms with Crippen LogP contribution in [-0.4, -0.2) is 39.0 Å². The Bertz CT molecular complexity index is 858. The quantitative estimate of drug-likeness (QED) is 0.902. The molecule has 1 amide bonds. The van der Waals surface area contributed by atoms with E-state index in [0.29, 0.717) is 37.7 Å². The van der Waals surface area contributed by atoms with Crippen LogP contribution in [0.3, 0.4) is 0 Å². The number of aliphatic hydroxyl groups is 1. The van der Waals surface area contributed by atoms with Crippen molar-refractivity contribution in [3.63, 3.8) is 0 Å². The molecule has 26 heavy (non-hydrogen) atoms. The summed E-state index contributed by atoms with van der Waals surface area (Å²) in [4.78, 5) is 14.6. The van der Waals surface area contributed by atoms with Gasteiger partial charge >= 0.3 is 0 Å². The molecule has 1 aromatic heterocycles. The maximum absolute atomic E-state index is 12.7. The first kappa shape index (κ1) is 15.7. The van der Waals surface area contributed by atoms with Crippen molar-refractivity contribution in [2.24, 2.45) is 5.92 Å². The zero-order valence-electron chi connectivity index (χ0n) is 14.4. The van der Waals surface area contributed by atoms with Gasteiger partial charge < -0.3 is 19.5 Å². The molecule has 1 N–H and O–H groups in total. The minimum atomic E-state index is -0.467. The summed E-state index contributed by atoms with van der Waals surface area (Å²) in [5, 5.41) is 14.8. The third-order valence-corrected chi connectivity index (χ3v) is 5.33. The second-order valence-corrected chi connectivity index (χ2v) is 7.25. The Hall–Kier alpha value is -2.54. The van der Waals surface area contributed by atoms with Crippen molar-refractivity contribution in [1.29, 1.82) is 0 Å². The molecule has 1 aromatic carbocycles. The summed E-state index contributed by atoms with van der Waals surface area (Å²) in [7, 11) is 0. The molecule has 0 saturated heterocycles. The van der Waals surface area contributed by atoms with E-state index in [2.05, 4.69) is 5.10 Å². The summed E-state index contributed by atoms with van der Waals surface area (Å²) >= 11 is 0. The number of benzene rings is 1. The molecule has 1 aliphatic carbocycles. The van der Waals surface area contributed by atoms with Crippen LogP contribution in [0.25, 0.3) is 0 Å². The van der Waals surface area contributed by atoms with Gasteiger partial charge in [-0.1, -0.05) is 6.07 Å². The van der Waals surface area contributed by atoms with E-state index in [1.165, 1.54) is 0 Å². The Morgan fingerprint density at radius 1 is 1.23 bits per heavy atom. The highest BCUT2D eigenvalue weighted by molar-refractivity contribution is 5.79. The van der Waals surface area contributed by atoms with E-state index in [-0.39, 0.29) is 12.7 Å². The van der Waals surface area contributed by atoms with Gasteiger partial charge in [0, 0.05) is 6.54 Å². The molecule has 1 saturated carbocycles. The van der Waals surface area contributed by atoms with E-state index in [9.17, 15) is 9.90 Å². The summed E-state index contributed by atoms with van der Waals surface area (Å²) in [6.45, 7) is 2.07. The maximum Gasteiger partial charge on any atom is 0.231 e. The molecule has 2 aromatic rings. The van der Waals surface area contributed by atoms with Gasteiger partial charge in [-0.05, 0) is 42.5 Å². The number of rotatable bonds is 4. The number of amides is 1. The fourth-order valence-electron chi connectivity index (χ4n) is 3.64. The van der Waals surface area contributed by atoms with Crippen molar-refractivity contribution in [3.8, 4) is 11.5 Å². The van der Waals surface area contributed by atoms with Crippen LogP contribution in [0.5, 0.6) is 11.5 Å². The molecule has 1 fully saturated rings. The summed E-state index contributed by atoms with van der Waals surface area (Å²) in [6, 6.07) is 7.58. The first-order valence-electron chi connectivity index (χ1n) is 9.08. The molecule has 2 aliphatic heterocycles. The Kier molecular flexibility index (Phi) is 3.63. The summed E-state index contributed by atoms with van der Waals surface area (Å²) < 4.78 is 12.6. The number of aliphatic hydroxyl groups excluding tert-OH is 1. The van der Waals surface area contributed by atoms with Gasteiger partial charge in [0.2, 0.25) is 12.7 Å². The molecule has 3 aliphatic rings. The number of hydrogen-bond acceptors (Lipinski definition) is 5. The first-order chi connectivity index (χ1) is 12.7. The average Bonchev–Trinajstić information content (AvgIpc) is 3.24. The second kappa shape index (κ2) is 6.02. The van der Waals surface area contributed by atoms with Gasteiger partial charge in [0.15, 0.2) is 11.5 Å². The van der Waals surface area contributed by atoms with Crippen LogP contribution in [0.1, 0.15) is 35.9 Å². The molecule has 7 nitrogen and oxygen atoms in total. The molecule has 0 unspecified atom stereocenters. The predicted molar refractivity (Wildman–Crippen MR) is 91.6 cm³/mol. The third-order valence-electron chi connectivity index (χ3n) is 5.33. The van der Waals surface area contributed by atoms with Crippen LogP contribution in [-0.2, 0) is 24.3 Å². The van der Waals surface area contributed by atoms with E-state index < -0.39 is 6.10 Å². The molecule has 0 bridgehead atoms. The number of carbonyl (C=O) groups excluding carboxylic acids is 1. The number of carbonyl (C=O) groups is 1.